The predicted octanol–water partition coefficient (Wildman–Crippen LogP) is 4.68. The Labute approximate surface area is 185 Å². The molecule has 3 rings (SSSR count). The van der Waals surface area contributed by atoms with Crippen molar-refractivity contribution in [2.45, 2.75) is 23.8 Å². The van der Waals surface area contributed by atoms with Crippen LogP contribution in [0.5, 0.6) is 5.75 Å². The quantitative estimate of drug-likeness (QED) is 0.637. The molecular weight excluding hydrogens is 425 g/mol. The van der Waals surface area contributed by atoms with Crippen molar-refractivity contribution in [3.63, 3.8) is 0 Å². The smallest absolute Gasteiger partial charge is 0.416 e. The van der Waals surface area contributed by atoms with E-state index in [0.29, 0.717) is 36.5 Å². The van der Waals surface area contributed by atoms with Gasteiger partial charge in [-0.15, -0.1) is 0 Å². The Morgan fingerprint density at radius 2 is 1.84 bits per heavy atom. The van der Waals surface area contributed by atoms with Crippen LogP contribution in [0.3, 0.4) is 0 Å². The van der Waals surface area contributed by atoms with E-state index >= 15 is 0 Å². The summed E-state index contributed by atoms with van der Waals surface area (Å²) in [4.78, 5) is 17.2. The minimum atomic E-state index is -4.44. The highest BCUT2D eigenvalue weighted by Gasteiger charge is 2.39. The van der Waals surface area contributed by atoms with Gasteiger partial charge in [-0.1, -0.05) is 12.1 Å². The summed E-state index contributed by atoms with van der Waals surface area (Å²) in [6.45, 7) is 1.02. The van der Waals surface area contributed by atoms with E-state index in [2.05, 4.69) is 0 Å². The molecule has 0 N–H and O–H groups in total. The Morgan fingerprint density at radius 3 is 2.39 bits per heavy atom. The Hall–Kier alpha value is -2.19. The van der Waals surface area contributed by atoms with Crippen LogP contribution >= 0.6 is 11.8 Å². The van der Waals surface area contributed by atoms with Gasteiger partial charge in [0, 0.05) is 24.7 Å². The average molecular weight is 453 g/mol. The number of likely N-dealkylation sites (N-methyl/N-ethyl adjacent to an activating group) is 1. The maximum Gasteiger partial charge on any atom is 0.416 e. The molecule has 0 spiro atoms. The fourth-order valence-electron chi connectivity index (χ4n) is 3.92. The summed E-state index contributed by atoms with van der Waals surface area (Å²) >= 11 is 1.44. The second-order valence-corrected chi connectivity index (χ2v) is 8.85. The number of nitrogens with zero attached hydrogens (tertiary/aromatic N) is 2. The highest BCUT2D eigenvalue weighted by atomic mass is 32.2. The van der Waals surface area contributed by atoms with Crippen molar-refractivity contribution in [2.24, 2.45) is 0 Å². The van der Waals surface area contributed by atoms with Crippen molar-refractivity contribution in [3.05, 3.63) is 59.2 Å². The molecule has 0 aromatic heterocycles. The van der Waals surface area contributed by atoms with Crippen molar-refractivity contribution in [3.8, 4) is 5.75 Å². The summed E-state index contributed by atoms with van der Waals surface area (Å²) in [7, 11) is 5.39. The van der Waals surface area contributed by atoms with Crippen LogP contribution in [0.4, 0.5) is 18.9 Å². The SMILES string of the molecule is COc1ccc([C@H]2Cc3cc(C(F)(F)F)ccc3N(CCN(C)C)C(=O)[C@@H]2SC)cc1. The highest BCUT2D eigenvalue weighted by molar-refractivity contribution is 8.00. The molecule has 0 saturated heterocycles. The fourth-order valence-corrected chi connectivity index (χ4v) is 4.83. The zero-order valence-electron chi connectivity index (χ0n) is 18.1. The van der Waals surface area contributed by atoms with Gasteiger partial charge in [0.25, 0.3) is 0 Å². The Bertz CT molecular complexity index is 916. The molecular formula is C23H27F3N2O2S. The molecule has 2 atom stereocenters. The Balaban J connectivity index is 2.11. The number of halogens is 3. The lowest BCUT2D eigenvalue weighted by Crippen LogP contribution is -2.42. The summed E-state index contributed by atoms with van der Waals surface area (Å²) in [6.07, 6.45) is -2.21. The number of hydrogen-bond donors (Lipinski definition) is 0. The summed E-state index contributed by atoms with van der Waals surface area (Å²) < 4.78 is 45.5. The second kappa shape index (κ2) is 9.53. The van der Waals surface area contributed by atoms with Crippen LogP contribution in [0.15, 0.2) is 42.5 Å². The lowest BCUT2D eigenvalue weighted by molar-refractivity contribution is -0.137. The molecule has 0 bridgehead atoms. The fraction of sp³-hybridized carbons (Fsp3) is 0.435. The molecule has 0 saturated carbocycles. The van der Waals surface area contributed by atoms with Gasteiger partial charge in [-0.05, 0) is 68.2 Å². The zero-order valence-corrected chi connectivity index (χ0v) is 18.9. The van der Waals surface area contributed by atoms with E-state index < -0.39 is 17.0 Å². The van der Waals surface area contributed by atoms with E-state index in [1.165, 1.54) is 23.9 Å². The number of amides is 1. The van der Waals surface area contributed by atoms with Crippen LogP contribution in [0, 0.1) is 0 Å². The Kier molecular flexibility index (Phi) is 7.21. The van der Waals surface area contributed by atoms with Gasteiger partial charge in [-0.3, -0.25) is 4.79 Å². The van der Waals surface area contributed by atoms with Gasteiger partial charge in [0.1, 0.15) is 5.75 Å². The van der Waals surface area contributed by atoms with Crippen LogP contribution < -0.4 is 9.64 Å². The summed E-state index contributed by atoms with van der Waals surface area (Å²) in [6, 6.07) is 11.1. The number of fused-ring (bicyclic) bond motifs is 1. The van der Waals surface area contributed by atoms with E-state index in [-0.39, 0.29) is 11.8 Å². The maximum absolute atomic E-state index is 13.6. The standard InChI is InChI=1S/C23H27F3N2O2S/c1-27(2)11-12-28-20-10-7-17(23(24,25)26)13-16(20)14-19(21(31-4)22(28)29)15-5-8-18(30-3)9-6-15/h5-10,13,19,21H,11-12,14H2,1-4H3/t19-,21-/m1/s1. The number of anilines is 1. The third kappa shape index (κ3) is 5.18. The van der Waals surface area contributed by atoms with Crippen LogP contribution in [0.2, 0.25) is 0 Å². The van der Waals surface area contributed by atoms with Crippen LogP contribution in [-0.2, 0) is 17.4 Å². The first kappa shape index (κ1) is 23.5. The van der Waals surface area contributed by atoms with Gasteiger partial charge in [-0.25, -0.2) is 0 Å². The van der Waals surface area contributed by atoms with Crippen molar-refractivity contribution in [2.75, 3.05) is 45.5 Å². The number of methoxy groups -OCH3 is 1. The molecule has 1 amide bonds. The lowest BCUT2D eigenvalue weighted by atomic mass is 9.88. The molecule has 0 fully saturated rings. The monoisotopic (exact) mass is 452 g/mol. The number of hydrogen-bond acceptors (Lipinski definition) is 4. The van der Waals surface area contributed by atoms with Crippen molar-refractivity contribution < 1.29 is 22.7 Å². The van der Waals surface area contributed by atoms with Gasteiger partial charge < -0.3 is 14.5 Å². The normalized spacial score (nSPS) is 19.4. The average Bonchev–Trinajstić information content (AvgIpc) is 2.84. The number of benzene rings is 2. The van der Waals surface area contributed by atoms with E-state index in [1.807, 2.05) is 49.5 Å². The molecule has 8 heteroatoms. The summed E-state index contributed by atoms with van der Waals surface area (Å²) in [5.41, 5.74) is 1.32. The first-order valence-electron chi connectivity index (χ1n) is 9.98. The summed E-state index contributed by atoms with van der Waals surface area (Å²) in [5.74, 6) is 0.366. The number of carbonyl (C=O) groups is 1. The van der Waals surface area contributed by atoms with Crippen LogP contribution in [0.1, 0.15) is 22.6 Å². The number of thioether (sulfide) groups is 1. The molecule has 1 aliphatic rings. The largest absolute Gasteiger partial charge is 0.497 e. The molecule has 4 nitrogen and oxygen atoms in total. The molecule has 1 aliphatic heterocycles. The highest BCUT2D eigenvalue weighted by Crippen LogP contribution is 2.41. The van der Waals surface area contributed by atoms with Gasteiger partial charge in [0.15, 0.2) is 0 Å². The third-order valence-corrected chi connectivity index (χ3v) is 6.62. The van der Waals surface area contributed by atoms with Crippen molar-refractivity contribution in [1.82, 2.24) is 4.90 Å². The Morgan fingerprint density at radius 1 is 1.16 bits per heavy atom. The molecule has 0 unspecified atom stereocenters. The van der Waals surface area contributed by atoms with Gasteiger partial charge in [0.2, 0.25) is 5.91 Å². The lowest BCUT2D eigenvalue weighted by Gasteiger charge is -2.28. The maximum atomic E-state index is 13.6. The third-order valence-electron chi connectivity index (χ3n) is 5.58. The molecule has 2 aromatic rings. The zero-order chi connectivity index (χ0) is 22.8. The second-order valence-electron chi connectivity index (χ2n) is 7.87. The van der Waals surface area contributed by atoms with Crippen molar-refractivity contribution >= 4 is 23.4 Å². The summed E-state index contributed by atoms with van der Waals surface area (Å²) in [5, 5.41) is -0.405. The van der Waals surface area contributed by atoms with Crippen LogP contribution in [0.25, 0.3) is 0 Å². The van der Waals surface area contributed by atoms with Gasteiger partial charge >= 0.3 is 6.18 Å². The molecule has 168 valence electrons. The molecule has 2 aromatic carbocycles. The molecule has 31 heavy (non-hydrogen) atoms. The number of carbonyl (C=O) groups excluding carboxylic acids is 1. The molecule has 0 aliphatic carbocycles. The topological polar surface area (TPSA) is 32.8 Å². The predicted molar refractivity (Wildman–Crippen MR) is 119 cm³/mol. The minimum Gasteiger partial charge on any atom is -0.497 e. The van der Waals surface area contributed by atoms with E-state index in [1.54, 1.807) is 12.0 Å². The number of alkyl halides is 3. The van der Waals surface area contributed by atoms with Crippen LogP contribution in [-0.4, -0.2) is 56.6 Å². The minimum absolute atomic E-state index is 0.0753. The van der Waals surface area contributed by atoms with E-state index in [0.717, 1.165) is 11.6 Å². The number of rotatable bonds is 6. The van der Waals surface area contributed by atoms with Crippen molar-refractivity contribution in [1.29, 1.82) is 0 Å². The van der Waals surface area contributed by atoms with Gasteiger partial charge in [-0.2, -0.15) is 24.9 Å². The van der Waals surface area contributed by atoms with E-state index in [9.17, 15) is 18.0 Å². The molecule has 0 radical (unpaired) electrons. The number of ether oxygens (including phenoxy) is 1. The molecule has 1 heterocycles. The first-order chi connectivity index (χ1) is 14.7. The first-order valence-corrected chi connectivity index (χ1v) is 11.3. The van der Waals surface area contributed by atoms with Gasteiger partial charge in [0.05, 0.1) is 17.9 Å². The van der Waals surface area contributed by atoms with E-state index in [4.69, 9.17) is 4.74 Å².